The summed E-state index contributed by atoms with van der Waals surface area (Å²) in [6.07, 6.45) is -4.43. The van der Waals surface area contributed by atoms with Crippen molar-refractivity contribution in [1.29, 1.82) is 0 Å². The second-order valence-electron chi connectivity index (χ2n) is 2.63. The van der Waals surface area contributed by atoms with Crippen LogP contribution >= 0.6 is 0 Å². The van der Waals surface area contributed by atoms with E-state index < -0.39 is 18.6 Å². The smallest absolute Gasteiger partial charge is 0.351 e. The minimum Gasteiger partial charge on any atom is -0.351 e. The van der Waals surface area contributed by atoms with E-state index in [1.807, 2.05) is 0 Å². The summed E-state index contributed by atoms with van der Waals surface area (Å²) in [4.78, 5) is 11.0. The van der Waals surface area contributed by atoms with Crippen LogP contribution in [0.5, 0.6) is 0 Å². The van der Waals surface area contributed by atoms with Crippen LogP contribution in [0.3, 0.4) is 0 Å². The summed E-state index contributed by atoms with van der Waals surface area (Å²) in [5.41, 5.74) is 0.433. The largest absolute Gasteiger partial charge is 0.405 e. The lowest BCUT2D eigenvalue weighted by Crippen LogP contribution is -2.33. The minimum absolute atomic E-state index is 0.230. The van der Waals surface area contributed by atoms with Crippen molar-refractivity contribution in [3.05, 3.63) is 17.5 Å². The Bertz CT molecular complexity index is 332. The third kappa shape index (κ3) is 3.08. The van der Waals surface area contributed by atoms with Gasteiger partial charge in [-0.2, -0.15) is 13.2 Å². The van der Waals surface area contributed by atoms with Crippen molar-refractivity contribution < 1.29 is 22.5 Å². The number of halogens is 3. The molecule has 0 aliphatic rings. The molecule has 0 bridgehead atoms. The van der Waals surface area contributed by atoms with Gasteiger partial charge < -0.3 is 9.84 Å². The second kappa shape index (κ2) is 3.69. The highest BCUT2D eigenvalue weighted by Crippen LogP contribution is 2.12. The van der Waals surface area contributed by atoms with Crippen LogP contribution in [0.4, 0.5) is 13.2 Å². The van der Waals surface area contributed by atoms with Crippen LogP contribution in [-0.2, 0) is 0 Å². The molecule has 0 unspecified atom stereocenters. The Hall–Kier alpha value is -1.53. The van der Waals surface area contributed by atoms with Crippen molar-refractivity contribution in [3.8, 4) is 0 Å². The van der Waals surface area contributed by atoms with Crippen molar-refractivity contribution >= 4 is 5.91 Å². The molecule has 0 radical (unpaired) electrons. The van der Waals surface area contributed by atoms with E-state index in [9.17, 15) is 18.0 Å². The second-order valence-corrected chi connectivity index (χ2v) is 2.63. The first-order valence-electron chi connectivity index (χ1n) is 3.67. The van der Waals surface area contributed by atoms with Crippen LogP contribution in [0, 0.1) is 6.92 Å². The van der Waals surface area contributed by atoms with Gasteiger partial charge in [0.1, 0.15) is 6.54 Å². The highest BCUT2D eigenvalue weighted by Gasteiger charge is 2.28. The Kier molecular flexibility index (Phi) is 2.78. The lowest BCUT2D eigenvalue weighted by molar-refractivity contribution is -0.123. The van der Waals surface area contributed by atoms with Gasteiger partial charge in [0.2, 0.25) is 5.76 Å². The molecule has 0 saturated carbocycles. The van der Waals surface area contributed by atoms with Crippen molar-refractivity contribution in [2.24, 2.45) is 0 Å². The maximum atomic E-state index is 11.7. The van der Waals surface area contributed by atoms with Gasteiger partial charge in [0.15, 0.2) is 0 Å². The van der Waals surface area contributed by atoms with Gasteiger partial charge in [-0.3, -0.25) is 4.79 Å². The van der Waals surface area contributed by atoms with E-state index in [1.54, 1.807) is 12.2 Å². The first kappa shape index (κ1) is 10.6. The number of hydrogen-bond acceptors (Lipinski definition) is 3. The number of carbonyl (C=O) groups excluding carboxylic acids is 1. The Morgan fingerprint density at radius 1 is 1.64 bits per heavy atom. The molecule has 1 aromatic rings. The summed E-state index contributed by atoms with van der Waals surface area (Å²) in [5, 5.41) is 5.02. The summed E-state index contributed by atoms with van der Waals surface area (Å²) in [7, 11) is 0. The first-order valence-corrected chi connectivity index (χ1v) is 3.67. The van der Waals surface area contributed by atoms with Crippen molar-refractivity contribution in [2.45, 2.75) is 13.1 Å². The highest BCUT2D eigenvalue weighted by atomic mass is 19.4. The fraction of sp³-hybridized carbons (Fsp3) is 0.429. The molecule has 0 spiro atoms. The molecular weight excluding hydrogens is 201 g/mol. The molecule has 1 amide bonds. The van der Waals surface area contributed by atoms with Crippen LogP contribution in [0.1, 0.15) is 16.2 Å². The van der Waals surface area contributed by atoms with Gasteiger partial charge in [0.05, 0.1) is 5.69 Å². The number of nitrogens with zero attached hydrogens (tertiary/aromatic N) is 1. The zero-order chi connectivity index (χ0) is 10.8. The molecule has 4 nitrogen and oxygen atoms in total. The standard InChI is InChI=1S/C7H7F3N2O2/c1-4-2-5(14-12-4)6(13)11-3-7(8,9)10/h2H,3H2,1H3,(H,11,13). The number of alkyl halides is 3. The molecule has 0 aliphatic heterocycles. The number of aryl methyl sites for hydroxylation is 1. The highest BCUT2D eigenvalue weighted by molar-refractivity contribution is 5.91. The van der Waals surface area contributed by atoms with Gasteiger partial charge in [0.25, 0.3) is 5.91 Å². The molecule has 0 atom stereocenters. The summed E-state index contributed by atoms with van der Waals surface area (Å²) in [5.74, 6) is -1.16. The molecule has 0 fully saturated rings. The minimum atomic E-state index is -4.43. The predicted octanol–water partition coefficient (Wildman–Crippen LogP) is 1.28. The van der Waals surface area contributed by atoms with Crippen LogP contribution in [0.25, 0.3) is 0 Å². The van der Waals surface area contributed by atoms with E-state index >= 15 is 0 Å². The van der Waals surface area contributed by atoms with Crippen LogP contribution in [-0.4, -0.2) is 23.8 Å². The molecule has 0 aliphatic carbocycles. The van der Waals surface area contributed by atoms with E-state index in [-0.39, 0.29) is 5.76 Å². The molecule has 78 valence electrons. The summed E-state index contributed by atoms with van der Waals surface area (Å²) in [6, 6.07) is 1.26. The van der Waals surface area contributed by atoms with Gasteiger partial charge in [-0.25, -0.2) is 0 Å². The van der Waals surface area contributed by atoms with Crippen LogP contribution in [0.2, 0.25) is 0 Å². The van der Waals surface area contributed by atoms with Gasteiger partial charge in [-0.15, -0.1) is 0 Å². The Morgan fingerprint density at radius 3 is 2.71 bits per heavy atom. The van der Waals surface area contributed by atoms with Gasteiger partial charge in [0, 0.05) is 6.07 Å². The van der Waals surface area contributed by atoms with Crippen molar-refractivity contribution in [2.75, 3.05) is 6.54 Å². The molecule has 7 heteroatoms. The van der Waals surface area contributed by atoms with Gasteiger partial charge in [-0.1, -0.05) is 5.16 Å². The Morgan fingerprint density at radius 2 is 2.29 bits per heavy atom. The van der Waals surface area contributed by atoms with Crippen LogP contribution < -0.4 is 5.32 Å². The lowest BCUT2D eigenvalue weighted by Gasteiger charge is -2.05. The maximum absolute atomic E-state index is 11.7. The molecule has 14 heavy (non-hydrogen) atoms. The molecule has 0 saturated heterocycles. The summed E-state index contributed by atoms with van der Waals surface area (Å²) >= 11 is 0. The fourth-order valence-corrected chi connectivity index (χ4v) is 0.738. The van der Waals surface area contributed by atoms with Gasteiger partial charge >= 0.3 is 6.18 Å². The third-order valence-corrected chi connectivity index (χ3v) is 1.30. The van der Waals surface area contributed by atoms with Crippen molar-refractivity contribution in [1.82, 2.24) is 10.5 Å². The fourth-order valence-electron chi connectivity index (χ4n) is 0.738. The molecule has 1 rings (SSSR count). The number of rotatable bonds is 2. The zero-order valence-electron chi connectivity index (χ0n) is 7.18. The maximum Gasteiger partial charge on any atom is 0.405 e. The predicted molar refractivity (Wildman–Crippen MR) is 39.6 cm³/mol. The topological polar surface area (TPSA) is 55.1 Å². The van der Waals surface area contributed by atoms with Gasteiger partial charge in [-0.05, 0) is 6.92 Å². The number of carbonyl (C=O) groups is 1. The monoisotopic (exact) mass is 208 g/mol. The molecular formula is C7H7F3N2O2. The number of aromatic nitrogens is 1. The Balaban J connectivity index is 2.52. The van der Waals surface area contributed by atoms with Crippen molar-refractivity contribution in [3.63, 3.8) is 0 Å². The molecule has 1 N–H and O–H groups in total. The summed E-state index contributed by atoms with van der Waals surface area (Å²) in [6.45, 7) is 0.176. The average Bonchev–Trinajstić information content (AvgIpc) is 2.46. The Labute approximate surface area is 77.1 Å². The lowest BCUT2D eigenvalue weighted by atomic mass is 10.3. The first-order chi connectivity index (χ1) is 6.38. The normalized spacial score (nSPS) is 11.4. The third-order valence-electron chi connectivity index (χ3n) is 1.30. The SMILES string of the molecule is Cc1cc(C(=O)NCC(F)(F)F)on1. The van der Waals surface area contributed by atoms with Crippen LogP contribution in [0.15, 0.2) is 10.6 Å². The van der Waals surface area contributed by atoms with E-state index in [4.69, 9.17) is 0 Å². The van der Waals surface area contributed by atoms with E-state index in [2.05, 4.69) is 9.68 Å². The average molecular weight is 208 g/mol. The van der Waals surface area contributed by atoms with E-state index in [1.165, 1.54) is 6.07 Å². The number of nitrogens with one attached hydrogen (secondary N) is 1. The molecule has 1 heterocycles. The molecule has 1 aromatic heterocycles. The zero-order valence-corrected chi connectivity index (χ0v) is 7.18. The quantitative estimate of drug-likeness (QED) is 0.796. The van der Waals surface area contributed by atoms with E-state index in [0.717, 1.165) is 0 Å². The number of hydrogen-bond donors (Lipinski definition) is 1. The molecule has 0 aromatic carbocycles. The summed E-state index contributed by atoms with van der Waals surface area (Å²) < 4.78 is 39.5. The van der Waals surface area contributed by atoms with E-state index in [0.29, 0.717) is 5.69 Å². The number of amides is 1.